The van der Waals surface area contributed by atoms with E-state index in [2.05, 4.69) is 23.9 Å². The van der Waals surface area contributed by atoms with Crippen LogP contribution in [0.15, 0.2) is 35.2 Å². The maximum atomic E-state index is 13.0. The van der Waals surface area contributed by atoms with Gasteiger partial charge in [0.2, 0.25) is 15.9 Å². The van der Waals surface area contributed by atoms with Gasteiger partial charge in [0.15, 0.2) is 12.3 Å². The van der Waals surface area contributed by atoms with Gasteiger partial charge in [0.25, 0.3) is 5.91 Å². The quantitative estimate of drug-likeness (QED) is 0.532. The van der Waals surface area contributed by atoms with Crippen LogP contribution in [-0.2, 0) is 21.9 Å². The number of carbonyl (C=O) groups excluding carboxylic acids is 1. The van der Waals surface area contributed by atoms with Crippen molar-refractivity contribution in [3.63, 3.8) is 0 Å². The monoisotopic (exact) mass is 485 g/mol. The van der Waals surface area contributed by atoms with Gasteiger partial charge in [-0.1, -0.05) is 26.0 Å². The van der Waals surface area contributed by atoms with Crippen LogP contribution in [-0.4, -0.2) is 71.1 Å². The van der Waals surface area contributed by atoms with Crippen molar-refractivity contribution in [1.29, 1.82) is 0 Å². The third kappa shape index (κ3) is 4.65. The van der Waals surface area contributed by atoms with E-state index in [0.717, 1.165) is 22.2 Å². The maximum absolute atomic E-state index is 13.0. The van der Waals surface area contributed by atoms with Gasteiger partial charge >= 0.3 is 0 Å². The Balaban J connectivity index is 1.37. The van der Waals surface area contributed by atoms with Crippen molar-refractivity contribution in [3.8, 4) is 5.88 Å². The first-order chi connectivity index (χ1) is 16.1. The highest BCUT2D eigenvalue weighted by atomic mass is 32.2. The Kier molecular flexibility index (Phi) is 6.64. The van der Waals surface area contributed by atoms with Crippen LogP contribution >= 0.6 is 0 Å². The normalized spacial score (nSPS) is 15.3. The number of ether oxygens (including phenoxy) is 1. The lowest BCUT2D eigenvalue weighted by Crippen LogP contribution is -2.51. The van der Waals surface area contributed by atoms with Crippen LogP contribution in [0.1, 0.15) is 36.6 Å². The molecule has 3 aromatic rings. The van der Waals surface area contributed by atoms with Crippen LogP contribution < -0.4 is 4.74 Å². The number of benzene rings is 1. The molecule has 10 heteroatoms. The predicted octanol–water partition coefficient (Wildman–Crippen LogP) is 2.62. The number of amides is 1. The molecule has 9 nitrogen and oxygen atoms in total. The molecule has 0 unspecified atom stereocenters. The zero-order chi connectivity index (χ0) is 24.6. The molecular formula is C24H31N5O4S. The number of aryl methyl sites for hydroxylation is 3. The van der Waals surface area contributed by atoms with Crippen LogP contribution in [0.5, 0.6) is 5.88 Å². The molecule has 1 aromatic carbocycles. The largest absolute Gasteiger partial charge is 0.466 e. The summed E-state index contributed by atoms with van der Waals surface area (Å²) in [5.74, 6) is 0.513. The highest BCUT2D eigenvalue weighted by molar-refractivity contribution is 7.89. The van der Waals surface area contributed by atoms with Crippen molar-refractivity contribution in [2.45, 2.75) is 38.5 Å². The molecule has 1 fully saturated rings. The number of nitrogens with zero attached hydrogens (tertiary/aromatic N) is 5. The molecule has 1 saturated heterocycles. The highest BCUT2D eigenvalue weighted by Crippen LogP contribution is 2.27. The summed E-state index contributed by atoms with van der Waals surface area (Å²) in [6.07, 6.45) is 0. The molecule has 0 spiro atoms. The number of pyridine rings is 1. The van der Waals surface area contributed by atoms with Crippen LogP contribution in [0, 0.1) is 13.8 Å². The molecule has 0 N–H and O–H groups in total. The van der Waals surface area contributed by atoms with Gasteiger partial charge in [0, 0.05) is 38.9 Å². The van der Waals surface area contributed by atoms with E-state index in [1.807, 2.05) is 32.0 Å². The van der Waals surface area contributed by atoms with Gasteiger partial charge in [-0.2, -0.15) is 4.31 Å². The Morgan fingerprint density at radius 1 is 1.09 bits per heavy atom. The Morgan fingerprint density at radius 3 is 2.35 bits per heavy atom. The third-order valence-electron chi connectivity index (χ3n) is 6.20. The Hall–Kier alpha value is -2.98. The van der Waals surface area contributed by atoms with Gasteiger partial charge in [-0.25, -0.2) is 18.1 Å². The number of hydrogen-bond acceptors (Lipinski definition) is 6. The van der Waals surface area contributed by atoms with E-state index >= 15 is 0 Å². The van der Waals surface area contributed by atoms with E-state index in [-0.39, 0.29) is 30.5 Å². The number of hydrogen-bond donors (Lipinski definition) is 0. The lowest BCUT2D eigenvalue weighted by atomic mass is 10.0. The molecule has 3 heterocycles. The molecule has 0 atom stereocenters. The average Bonchev–Trinajstić information content (AvgIpc) is 3.13. The van der Waals surface area contributed by atoms with Crippen LogP contribution in [0.25, 0.3) is 11.0 Å². The molecule has 0 saturated carbocycles. The second-order valence-electron chi connectivity index (χ2n) is 9.01. The van der Waals surface area contributed by atoms with Crippen LogP contribution in [0.2, 0.25) is 0 Å². The van der Waals surface area contributed by atoms with Gasteiger partial charge in [-0.05, 0) is 49.1 Å². The minimum atomic E-state index is -3.59. The topological polar surface area (TPSA) is 97.6 Å². The summed E-state index contributed by atoms with van der Waals surface area (Å²) in [4.78, 5) is 19.2. The van der Waals surface area contributed by atoms with Crippen molar-refractivity contribution in [3.05, 3.63) is 47.2 Å². The fraction of sp³-hybridized carbons (Fsp3) is 0.458. The van der Waals surface area contributed by atoms with Gasteiger partial charge < -0.3 is 9.64 Å². The number of piperazine rings is 1. The molecular weight excluding hydrogens is 454 g/mol. The molecule has 0 aliphatic carbocycles. The van der Waals surface area contributed by atoms with Gasteiger partial charge in [-0.15, -0.1) is 5.10 Å². The summed E-state index contributed by atoms with van der Waals surface area (Å²) < 4.78 is 34.9. The third-order valence-corrected chi connectivity index (χ3v) is 8.11. The Morgan fingerprint density at radius 2 is 1.74 bits per heavy atom. The van der Waals surface area contributed by atoms with Crippen LogP contribution in [0.3, 0.4) is 0 Å². The molecule has 0 radical (unpaired) electrons. The van der Waals surface area contributed by atoms with Crippen molar-refractivity contribution in [1.82, 2.24) is 24.0 Å². The van der Waals surface area contributed by atoms with E-state index in [1.54, 1.807) is 28.8 Å². The molecule has 1 amide bonds. The zero-order valence-electron chi connectivity index (χ0n) is 20.3. The zero-order valence-corrected chi connectivity index (χ0v) is 21.1. The van der Waals surface area contributed by atoms with Crippen molar-refractivity contribution in [2.75, 3.05) is 32.8 Å². The summed E-state index contributed by atoms with van der Waals surface area (Å²) >= 11 is 0. The first kappa shape index (κ1) is 24.2. The second kappa shape index (κ2) is 9.34. The first-order valence-corrected chi connectivity index (χ1v) is 12.8. The average molecular weight is 486 g/mol. The molecule has 2 aromatic heterocycles. The Labute approximate surface area is 200 Å². The Bertz CT molecular complexity index is 1310. The SMILES string of the molecule is Cc1cc(C)c2c(OCC(=O)N3CCN(S(=O)(=O)c4ccc(C(C)C)cc4)CC3)nn(C)c2n1. The standard InChI is InChI=1S/C24H31N5O4S/c1-16(2)19-6-8-20(9-7-19)34(31,32)29-12-10-28(11-13-29)21(30)15-33-24-22-17(3)14-18(4)25-23(22)27(5)26-24/h6-9,14,16H,10-13,15H2,1-5H3. The molecule has 4 rings (SSSR count). The second-order valence-corrected chi connectivity index (χ2v) is 10.9. The first-order valence-electron chi connectivity index (χ1n) is 11.4. The highest BCUT2D eigenvalue weighted by Gasteiger charge is 2.30. The summed E-state index contributed by atoms with van der Waals surface area (Å²) in [6.45, 7) is 8.97. The number of carbonyl (C=O) groups is 1. The number of fused-ring (bicyclic) bond motifs is 1. The van der Waals surface area contributed by atoms with Gasteiger partial charge in [0.05, 0.1) is 10.3 Å². The number of aromatic nitrogens is 3. The van der Waals surface area contributed by atoms with Gasteiger partial charge in [-0.3, -0.25) is 4.79 Å². The number of sulfonamides is 1. The molecule has 182 valence electrons. The fourth-order valence-electron chi connectivity index (χ4n) is 4.22. The van der Waals surface area contributed by atoms with E-state index in [9.17, 15) is 13.2 Å². The molecule has 1 aliphatic rings. The fourth-order valence-corrected chi connectivity index (χ4v) is 5.65. The lowest BCUT2D eigenvalue weighted by Gasteiger charge is -2.34. The van der Waals surface area contributed by atoms with Crippen molar-refractivity contribution >= 4 is 27.0 Å². The summed E-state index contributed by atoms with van der Waals surface area (Å²) in [6, 6.07) is 8.98. The van der Waals surface area contributed by atoms with E-state index in [0.29, 0.717) is 30.5 Å². The predicted molar refractivity (Wildman–Crippen MR) is 129 cm³/mol. The van der Waals surface area contributed by atoms with Crippen molar-refractivity contribution in [2.24, 2.45) is 7.05 Å². The lowest BCUT2D eigenvalue weighted by molar-refractivity contribution is -0.134. The summed E-state index contributed by atoms with van der Waals surface area (Å²) in [7, 11) is -1.80. The van der Waals surface area contributed by atoms with Crippen molar-refractivity contribution < 1.29 is 17.9 Å². The molecule has 0 bridgehead atoms. The van der Waals surface area contributed by atoms with Gasteiger partial charge in [0.1, 0.15) is 0 Å². The van der Waals surface area contributed by atoms with Crippen LogP contribution in [0.4, 0.5) is 0 Å². The molecule has 34 heavy (non-hydrogen) atoms. The number of rotatable bonds is 6. The summed E-state index contributed by atoms with van der Waals surface area (Å²) in [5, 5.41) is 5.17. The van der Waals surface area contributed by atoms with E-state index in [1.165, 1.54) is 4.31 Å². The maximum Gasteiger partial charge on any atom is 0.260 e. The van der Waals surface area contributed by atoms with E-state index in [4.69, 9.17) is 4.74 Å². The minimum absolute atomic E-state index is 0.164. The van der Waals surface area contributed by atoms with E-state index < -0.39 is 10.0 Å². The molecule has 1 aliphatic heterocycles. The summed E-state index contributed by atoms with van der Waals surface area (Å²) in [5.41, 5.74) is 3.67. The minimum Gasteiger partial charge on any atom is -0.466 e. The smallest absolute Gasteiger partial charge is 0.260 e.